The van der Waals surface area contributed by atoms with Gasteiger partial charge in [-0.15, -0.1) is 0 Å². The Balaban J connectivity index is 1.71. The van der Waals surface area contributed by atoms with Crippen molar-refractivity contribution < 1.29 is 4.79 Å². The summed E-state index contributed by atoms with van der Waals surface area (Å²) in [6, 6.07) is 15.5. The van der Waals surface area contributed by atoms with E-state index in [1.54, 1.807) is 0 Å². The zero-order chi connectivity index (χ0) is 18.3. The number of para-hydroxylation sites is 2. The van der Waals surface area contributed by atoms with E-state index in [4.69, 9.17) is 16.6 Å². The fourth-order valence-corrected chi connectivity index (χ4v) is 3.72. The van der Waals surface area contributed by atoms with Crippen LogP contribution in [0.25, 0.3) is 11.0 Å². The summed E-state index contributed by atoms with van der Waals surface area (Å²) in [5.74, 6) is 1.13. The van der Waals surface area contributed by atoms with Crippen LogP contribution in [0.15, 0.2) is 60.7 Å². The number of imidazole rings is 1. The number of benzene rings is 2. The number of anilines is 1. The smallest absolute Gasteiger partial charge is 0.227 e. The number of hydrogen-bond donors (Lipinski definition) is 0. The third-order valence-electron chi connectivity index (χ3n) is 4.74. The number of carbonyl (C=O) groups is 1. The molecule has 3 aromatic rings. The SMILES string of the molecule is C=C(C)Cn1c([C@H]2CC(=O)N(c3ccc(Cl)cc3)C2)nc2ccccc21. The van der Waals surface area contributed by atoms with E-state index >= 15 is 0 Å². The van der Waals surface area contributed by atoms with Gasteiger partial charge in [0.15, 0.2) is 0 Å². The molecular formula is C21H20ClN3O. The van der Waals surface area contributed by atoms with Crippen LogP contribution in [0.5, 0.6) is 0 Å². The van der Waals surface area contributed by atoms with Gasteiger partial charge in [-0.1, -0.05) is 35.9 Å². The zero-order valence-corrected chi connectivity index (χ0v) is 15.4. The van der Waals surface area contributed by atoms with E-state index < -0.39 is 0 Å². The molecule has 1 amide bonds. The van der Waals surface area contributed by atoms with Gasteiger partial charge >= 0.3 is 0 Å². The summed E-state index contributed by atoms with van der Waals surface area (Å²) in [7, 11) is 0. The van der Waals surface area contributed by atoms with Crippen molar-refractivity contribution >= 4 is 34.2 Å². The summed E-state index contributed by atoms with van der Waals surface area (Å²) < 4.78 is 2.20. The Morgan fingerprint density at radius 2 is 1.96 bits per heavy atom. The number of allylic oxidation sites excluding steroid dienone is 1. The summed E-state index contributed by atoms with van der Waals surface area (Å²) in [4.78, 5) is 19.3. The van der Waals surface area contributed by atoms with Crippen molar-refractivity contribution in [2.24, 2.45) is 0 Å². The molecule has 1 aliphatic rings. The highest BCUT2D eigenvalue weighted by atomic mass is 35.5. The Kier molecular flexibility index (Phi) is 4.29. The maximum atomic E-state index is 12.6. The monoisotopic (exact) mass is 365 g/mol. The number of halogens is 1. The van der Waals surface area contributed by atoms with E-state index in [1.165, 1.54) is 0 Å². The molecule has 1 saturated heterocycles. The van der Waals surface area contributed by atoms with Gasteiger partial charge in [0.1, 0.15) is 5.82 Å². The second kappa shape index (κ2) is 6.61. The molecule has 1 atom stereocenters. The zero-order valence-electron chi connectivity index (χ0n) is 14.7. The number of hydrogen-bond acceptors (Lipinski definition) is 2. The van der Waals surface area contributed by atoms with Gasteiger partial charge in [0, 0.05) is 36.1 Å². The van der Waals surface area contributed by atoms with Gasteiger partial charge in [-0.3, -0.25) is 4.79 Å². The Labute approximate surface area is 157 Å². The molecular weight excluding hydrogens is 346 g/mol. The Bertz CT molecular complexity index is 990. The highest BCUT2D eigenvalue weighted by Gasteiger charge is 2.34. The van der Waals surface area contributed by atoms with E-state index in [-0.39, 0.29) is 11.8 Å². The van der Waals surface area contributed by atoms with Crippen molar-refractivity contribution in [1.29, 1.82) is 0 Å². The molecule has 1 fully saturated rings. The highest BCUT2D eigenvalue weighted by Crippen LogP contribution is 2.33. The van der Waals surface area contributed by atoms with Crippen molar-refractivity contribution in [3.05, 3.63) is 71.5 Å². The molecule has 4 nitrogen and oxygen atoms in total. The standard InChI is InChI=1S/C21H20ClN3O/c1-14(2)12-25-19-6-4-3-5-18(19)23-21(25)15-11-20(26)24(13-15)17-9-7-16(22)8-10-17/h3-10,15H,1,11-13H2,2H3/t15-/m0/s1. The first-order chi connectivity index (χ1) is 12.5. The van der Waals surface area contributed by atoms with Gasteiger partial charge in [-0.2, -0.15) is 0 Å². The average Bonchev–Trinajstić information content (AvgIpc) is 3.16. The quantitative estimate of drug-likeness (QED) is 0.623. The molecule has 0 saturated carbocycles. The van der Waals surface area contributed by atoms with Crippen LogP contribution in [0.4, 0.5) is 5.69 Å². The first-order valence-electron chi connectivity index (χ1n) is 8.68. The Morgan fingerprint density at radius 3 is 2.69 bits per heavy atom. The second-order valence-corrected chi connectivity index (χ2v) is 7.32. The van der Waals surface area contributed by atoms with E-state index in [0.29, 0.717) is 24.5 Å². The lowest BCUT2D eigenvalue weighted by molar-refractivity contribution is -0.117. The van der Waals surface area contributed by atoms with E-state index in [9.17, 15) is 4.79 Å². The molecule has 0 spiro atoms. The van der Waals surface area contributed by atoms with Gasteiger partial charge in [-0.05, 0) is 43.3 Å². The molecule has 0 aliphatic carbocycles. The molecule has 1 aromatic heterocycles. The van der Waals surface area contributed by atoms with Crippen molar-refractivity contribution in [3.63, 3.8) is 0 Å². The van der Waals surface area contributed by atoms with Crippen LogP contribution in [0.2, 0.25) is 5.02 Å². The van der Waals surface area contributed by atoms with Crippen LogP contribution in [0.3, 0.4) is 0 Å². The number of nitrogens with zero attached hydrogens (tertiary/aromatic N) is 3. The van der Waals surface area contributed by atoms with Gasteiger partial charge < -0.3 is 9.47 Å². The van der Waals surface area contributed by atoms with E-state index in [2.05, 4.69) is 17.2 Å². The van der Waals surface area contributed by atoms with Crippen LogP contribution in [0, 0.1) is 0 Å². The van der Waals surface area contributed by atoms with Gasteiger partial charge in [0.25, 0.3) is 0 Å². The van der Waals surface area contributed by atoms with Gasteiger partial charge in [0.2, 0.25) is 5.91 Å². The minimum atomic E-state index is 0.0601. The maximum Gasteiger partial charge on any atom is 0.227 e. The first kappa shape index (κ1) is 16.9. The lowest BCUT2D eigenvalue weighted by Gasteiger charge is -2.17. The highest BCUT2D eigenvalue weighted by molar-refractivity contribution is 6.30. The number of amides is 1. The minimum Gasteiger partial charge on any atom is -0.324 e. The molecule has 5 heteroatoms. The topological polar surface area (TPSA) is 38.1 Å². The van der Waals surface area contributed by atoms with E-state index in [0.717, 1.165) is 28.1 Å². The third kappa shape index (κ3) is 3.01. The molecule has 26 heavy (non-hydrogen) atoms. The predicted molar refractivity (Wildman–Crippen MR) is 106 cm³/mol. The molecule has 4 rings (SSSR count). The minimum absolute atomic E-state index is 0.0601. The molecule has 0 radical (unpaired) electrons. The fraction of sp³-hybridized carbons (Fsp3) is 0.238. The molecule has 2 aromatic carbocycles. The van der Waals surface area contributed by atoms with Crippen molar-refractivity contribution in [3.8, 4) is 0 Å². The summed E-state index contributed by atoms with van der Waals surface area (Å²) in [6.45, 7) is 7.40. The molecule has 1 aliphatic heterocycles. The second-order valence-electron chi connectivity index (χ2n) is 6.88. The van der Waals surface area contributed by atoms with Crippen LogP contribution < -0.4 is 4.90 Å². The summed E-state index contributed by atoms with van der Waals surface area (Å²) in [5.41, 5.74) is 3.99. The fourth-order valence-electron chi connectivity index (χ4n) is 3.59. The average molecular weight is 366 g/mol. The molecule has 2 heterocycles. The van der Waals surface area contributed by atoms with Gasteiger partial charge in [0.05, 0.1) is 11.0 Å². The summed E-state index contributed by atoms with van der Waals surface area (Å²) in [5, 5.41) is 0.667. The predicted octanol–water partition coefficient (Wildman–Crippen LogP) is 4.79. The van der Waals surface area contributed by atoms with Crippen LogP contribution in [-0.2, 0) is 11.3 Å². The van der Waals surface area contributed by atoms with Crippen molar-refractivity contribution in [2.75, 3.05) is 11.4 Å². The lowest BCUT2D eigenvalue weighted by atomic mass is 10.1. The largest absolute Gasteiger partial charge is 0.324 e. The normalized spacial score (nSPS) is 17.2. The summed E-state index contributed by atoms with van der Waals surface area (Å²) >= 11 is 5.97. The Morgan fingerprint density at radius 1 is 1.23 bits per heavy atom. The molecule has 0 bridgehead atoms. The number of aromatic nitrogens is 2. The van der Waals surface area contributed by atoms with Crippen LogP contribution in [0.1, 0.15) is 25.1 Å². The van der Waals surface area contributed by atoms with Crippen LogP contribution >= 0.6 is 11.6 Å². The molecule has 132 valence electrons. The van der Waals surface area contributed by atoms with Crippen molar-refractivity contribution in [1.82, 2.24) is 9.55 Å². The Hall–Kier alpha value is -2.59. The van der Waals surface area contributed by atoms with Crippen molar-refractivity contribution in [2.45, 2.75) is 25.8 Å². The number of rotatable bonds is 4. The van der Waals surface area contributed by atoms with Gasteiger partial charge in [-0.25, -0.2) is 4.98 Å². The number of carbonyl (C=O) groups excluding carboxylic acids is 1. The third-order valence-corrected chi connectivity index (χ3v) is 4.99. The molecule has 0 N–H and O–H groups in total. The molecule has 0 unspecified atom stereocenters. The summed E-state index contributed by atoms with van der Waals surface area (Å²) in [6.07, 6.45) is 0.460. The maximum absolute atomic E-state index is 12.6. The van der Waals surface area contributed by atoms with Crippen LogP contribution in [-0.4, -0.2) is 22.0 Å². The van der Waals surface area contributed by atoms with E-state index in [1.807, 2.05) is 54.3 Å². The lowest BCUT2D eigenvalue weighted by Crippen LogP contribution is -2.24. The first-order valence-corrected chi connectivity index (χ1v) is 9.06. The number of fused-ring (bicyclic) bond motifs is 1.